The van der Waals surface area contributed by atoms with E-state index < -0.39 is 234 Å². The van der Waals surface area contributed by atoms with Crippen molar-refractivity contribution in [1.82, 2.24) is 46.8 Å². The van der Waals surface area contributed by atoms with Crippen molar-refractivity contribution in [2.75, 3.05) is 185 Å². The van der Waals surface area contributed by atoms with E-state index in [-0.39, 0.29) is 188 Å². The van der Waals surface area contributed by atoms with Crippen LogP contribution in [0.3, 0.4) is 0 Å². The largest absolute Gasteiger partial charge is 0.463 e. The molecular formula is C90H147N10O42P. The van der Waals surface area contributed by atoms with E-state index in [2.05, 4.69) is 75.7 Å². The maximum atomic E-state index is 14.7. The highest BCUT2D eigenvalue weighted by molar-refractivity contribution is 7.44. The monoisotopic (exact) mass is 2070 g/mol. The third-order valence-electron chi connectivity index (χ3n) is 20.6. The van der Waals surface area contributed by atoms with E-state index in [1.54, 1.807) is 0 Å². The zero-order valence-electron chi connectivity index (χ0n) is 84.3. The summed E-state index contributed by atoms with van der Waals surface area (Å²) in [5, 5.41) is 27.5. The van der Waals surface area contributed by atoms with Crippen LogP contribution in [-0.2, 0) is 195 Å². The number of carbonyl (C=O) groups is 17. The van der Waals surface area contributed by atoms with Gasteiger partial charge in [-0.15, -0.1) is 0 Å². The van der Waals surface area contributed by atoms with Gasteiger partial charge < -0.3 is 160 Å². The molecule has 4 aliphatic rings. The first-order chi connectivity index (χ1) is 68.2. The number of esters is 7. The molecule has 53 heteroatoms. The lowest BCUT2D eigenvalue weighted by atomic mass is 9.93. The van der Waals surface area contributed by atoms with Crippen molar-refractivity contribution in [1.29, 1.82) is 5.26 Å². The molecule has 0 spiro atoms. The van der Waals surface area contributed by atoms with Crippen LogP contribution in [0.4, 0.5) is 4.79 Å². The zero-order valence-corrected chi connectivity index (χ0v) is 85.2. The van der Waals surface area contributed by atoms with E-state index in [4.69, 9.17) is 123 Å². The number of ether oxygens (including phenoxy) is 23. The number of fused-ring (bicyclic) bond motifs is 3. The fraction of sp³-hybridized carbons (Fsp3) is 0.800. The second kappa shape index (κ2) is 71.8. The predicted octanol–water partition coefficient (Wildman–Crippen LogP) is -0.399. The van der Waals surface area contributed by atoms with Gasteiger partial charge in [0.05, 0.1) is 158 Å². The minimum absolute atomic E-state index is 0.00937. The smallest absolute Gasteiger partial charge is 0.417 e. The minimum Gasteiger partial charge on any atom is -0.463 e. The highest BCUT2D eigenvalue weighted by Crippen LogP contribution is 2.46. The first-order valence-corrected chi connectivity index (χ1v) is 48.7. The number of cyclic esters (lactones) is 1. The lowest BCUT2D eigenvalue weighted by Crippen LogP contribution is -2.68. The standard InChI is InChI=1S/C90H147N10O42P/c1-55(2)100(56(3)4)143(132-31-18-26-91)133-52-48-126-44-43-125-42-41-124-40-39-123-38-37-122-36-35-119-32-25-75(114)98-69(86(116)94-29-34-121-46-50-127-87-76(95-58(6)102)82(137-65(13)109)79(134-62(10)106)70(140-87)22-19-57(5)101)21-24-74(113)97-68-20-23-73(112)92-28-33-120-47-51-129-89-78(84(139-67(15)111)81(136-64(12)108)71(142-89)53-130-61(9)105)99(60(8)104)90(117)131-54-72-80(135-63(11)107)83(138-66(14)110)77(96-59(7)103)88(141-72)128-49-45-118-30-17-16-27-93-85(68)115/h55-56,68-72,76-84,87-89H,16-25,27-54H2,1-15H3,(H,92,112)(H,93,115)(H,94,116)(H,95,102)(H,96,103)(H,97,113)(H,98,114). The summed E-state index contributed by atoms with van der Waals surface area (Å²) in [5.41, 5.74) is 0. The van der Waals surface area contributed by atoms with Crippen LogP contribution in [0.25, 0.3) is 0 Å². The number of carbonyl (C=O) groups excluding carboxylic acids is 17. The molecule has 4 aliphatic heterocycles. The number of amides is 9. The first kappa shape index (κ1) is 126. The molecule has 0 aromatic carbocycles. The molecule has 18 atom stereocenters. The summed E-state index contributed by atoms with van der Waals surface area (Å²) < 4.78 is 147. The van der Waals surface area contributed by atoms with Gasteiger partial charge in [0.25, 0.3) is 8.53 Å². The van der Waals surface area contributed by atoms with Gasteiger partial charge in [0.15, 0.2) is 55.5 Å². The van der Waals surface area contributed by atoms with Crippen LogP contribution in [0.1, 0.15) is 168 Å². The van der Waals surface area contributed by atoms with Crippen LogP contribution in [0.15, 0.2) is 0 Å². The molecule has 0 aliphatic carbocycles. The Hall–Kier alpha value is -9.61. The van der Waals surface area contributed by atoms with Crippen molar-refractivity contribution < 1.29 is 200 Å². The summed E-state index contributed by atoms with van der Waals surface area (Å²) in [5.74, 6) is -12.5. The molecule has 4 rings (SSSR count). The van der Waals surface area contributed by atoms with Gasteiger partial charge in [0, 0.05) is 133 Å². The highest BCUT2D eigenvalue weighted by Gasteiger charge is 2.58. The molecule has 0 aromatic rings. The van der Waals surface area contributed by atoms with Gasteiger partial charge in [-0.25, -0.2) is 14.4 Å². The molecule has 7 N–H and O–H groups in total. The van der Waals surface area contributed by atoms with Gasteiger partial charge >= 0.3 is 47.9 Å². The molecule has 9 amide bonds. The lowest BCUT2D eigenvalue weighted by Gasteiger charge is -2.47. The molecule has 2 bridgehead atoms. The quantitative estimate of drug-likeness (QED) is 0.0176. The van der Waals surface area contributed by atoms with Crippen LogP contribution in [-0.4, -0.2) is 411 Å². The summed E-state index contributed by atoms with van der Waals surface area (Å²) in [6, 6.07) is -4.97. The second-order valence-corrected chi connectivity index (χ2v) is 34.7. The van der Waals surface area contributed by atoms with E-state index in [1.807, 2.05) is 0 Å². The summed E-state index contributed by atoms with van der Waals surface area (Å²) in [7, 11) is -1.36. The van der Waals surface area contributed by atoms with Gasteiger partial charge in [-0.3, -0.25) is 71.9 Å². The van der Waals surface area contributed by atoms with Crippen molar-refractivity contribution in [3.63, 3.8) is 0 Å². The van der Waals surface area contributed by atoms with Crippen LogP contribution < -0.4 is 37.2 Å². The second-order valence-electron chi connectivity index (χ2n) is 33.2. The Morgan fingerprint density at radius 3 is 1.56 bits per heavy atom. The molecule has 52 nitrogen and oxygen atoms in total. The molecule has 814 valence electrons. The van der Waals surface area contributed by atoms with E-state index >= 15 is 0 Å². The maximum absolute atomic E-state index is 14.7. The van der Waals surface area contributed by atoms with Crippen molar-refractivity contribution in [2.24, 2.45) is 0 Å². The first-order valence-electron chi connectivity index (χ1n) is 47.5. The number of ketones is 1. The van der Waals surface area contributed by atoms with Gasteiger partial charge in [0.1, 0.15) is 67.5 Å². The Morgan fingerprint density at radius 2 is 1.01 bits per heavy atom. The molecule has 143 heavy (non-hydrogen) atoms. The summed E-state index contributed by atoms with van der Waals surface area (Å²) in [6.07, 6.45) is -21.1. The Labute approximate surface area is 832 Å². The van der Waals surface area contributed by atoms with Crippen molar-refractivity contribution in [3.8, 4) is 6.07 Å². The van der Waals surface area contributed by atoms with E-state index in [0.29, 0.717) is 57.6 Å². The Morgan fingerprint density at radius 1 is 0.497 bits per heavy atom. The highest BCUT2D eigenvalue weighted by atomic mass is 31.2. The normalized spacial score (nSPS) is 24.1. The van der Waals surface area contributed by atoms with Crippen molar-refractivity contribution in [3.05, 3.63) is 0 Å². The molecule has 0 radical (unpaired) electrons. The zero-order chi connectivity index (χ0) is 106. The summed E-state index contributed by atoms with van der Waals surface area (Å²) in [4.78, 5) is 225. The van der Waals surface area contributed by atoms with E-state index in [0.717, 1.165) is 62.3 Å². The van der Waals surface area contributed by atoms with Gasteiger partial charge in [-0.1, -0.05) is 0 Å². The molecule has 4 fully saturated rings. The van der Waals surface area contributed by atoms with E-state index in [1.165, 1.54) is 13.8 Å². The Kier molecular flexibility index (Phi) is 63.1. The number of nitrogens with zero attached hydrogens (tertiary/aromatic N) is 3. The van der Waals surface area contributed by atoms with Gasteiger partial charge in [-0.2, -0.15) is 5.26 Å². The minimum atomic E-state index is -1.94. The van der Waals surface area contributed by atoms with Crippen molar-refractivity contribution in [2.45, 2.75) is 284 Å². The van der Waals surface area contributed by atoms with Crippen LogP contribution in [0.5, 0.6) is 0 Å². The number of nitrogens with one attached hydrogen (secondary N) is 7. The number of hydrogen-bond donors (Lipinski definition) is 7. The number of hydrogen-bond acceptors (Lipinski definition) is 44. The average Bonchev–Trinajstić information content (AvgIpc) is 0.786. The third-order valence-corrected chi connectivity index (χ3v) is 22.7. The predicted molar refractivity (Wildman–Crippen MR) is 490 cm³/mol. The number of imide groups is 1. The molecule has 0 aromatic heterocycles. The van der Waals surface area contributed by atoms with Crippen LogP contribution in [0, 0.1) is 11.3 Å². The summed E-state index contributed by atoms with van der Waals surface area (Å²) in [6.45, 7) is 19.4. The number of nitriles is 1. The fourth-order valence-electron chi connectivity index (χ4n) is 14.7. The van der Waals surface area contributed by atoms with Gasteiger partial charge in [-0.05, 0) is 66.7 Å². The lowest BCUT2D eigenvalue weighted by molar-refractivity contribution is -0.291. The fourth-order valence-corrected chi connectivity index (χ4v) is 16.3. The van der Waals surface area contributed by atoms with Gasteiger partial charge in [0.2, 0.25) is 47.3 Å². The average molecular weight is 2070 g/mol. The van der Waals surface area contributed by atoms with Crippen LogP contribution >= 0.6 is 8.53 Å². The maximum Gasteiger partial charge on any atom is 0.417 e. The molecule has 0 saturated carbocycles. The molecule has 4 saturated heterocycles. The molecule has 18 unspecified atom stereocenters. The molecule has 4 heterocycles. The Balaban J connectivity index is 1.49. The van der Waals surface area contributed by atoms with Crippen molar-refractivity contribution >= 4 is 109 Å². The van der Waals surface area contributed by atoms with Crippen LogP contribution in [0.2, 0.25) is 0 Å². The SMILES string of the molecule is CC(=O)CCC1OC(OCCOCCNC(=O)C(CCC(=O)NC2CCC(=O)NCCOCCOC3OC(COC(C)=O)C(OC(C)=O)C(OC(C)=O)C3N(C(C)=O)C(=O)OCC3OC(OCCOCCCCNC2=O)C(NC(C)=O)C(OC(C)=O)C3OC(C)=O)NC(=O)CCOCCOCCOCCOCCOCCOCCOP(OCCC#N)N(C(C)C)C(C)C)C(NC(C)=O)C(OC(C)=O)C1OC(C)=O. The topological polar surface area (TPSA) is 635 Å². The number of rotatable bonds is 54. The molecular weight excluding hydrogens is 1920 g/mol. The Bertz CT molecular complexity index is 3960. The van der Waals surface area contributed by atoms with E-state index in [9.17, 15) is 81.5 Å². The number of Topliss-reactive ketones (excluding diaryl/α,β-unsaturated/α-hetero) is 1. The third kappa shape index (κ3) is 51.8. The summed E-state index contributed by atoms with van der Waals surface area (Å²) >= 11 is 0.